The van der Waals surface area contributed by atoms with Gasteiger partial charge < -0.3 is 13.9 Å². The predicted octanol–water partition coefficient (Wildman–Crippen LogP) is 4.52. The molecule has 0 N–H and O–H groups in total. The summed E-state index contributed by atoms with van der Waals surface area (Å²) in [6, 6.07) is 13.4. The summed E-state index contributed by atoms with van der Waals surface area (Å²) in [5.74, 6) is 1.05. The summed E-state index contributed by atoms with van der Waals surface area (Å²) in [6.45, 7) is 7.59. The molecular weight excluding hydrogens is 408 g/mol. The number of aromatic nitrogens is 4. The average molecular weight is 432 g/mol. The number of benzene rings is 2. The van der Waals surface area contributed by atoms with Gasteiger partial charge in [-0.1, -0.05) is 23.4 Å². The quantitative estimate of drug-likeness (QED) is 0.414. The number of oxazole rings is 1. The van der Waals surface area contributed by atoms with Crippen molar-refractivity contribution in [2.24, 2.45) is 0 Å². The molecule has 32 heavy (non-hydrogen) atoms. The summed E-state index contributed by atoms with van der Waals surface area (Å²) < 4.78 is 18.2. The van der Waals surface area contributed by atoms with E-state index in [-0.39, 0.29) is 12.3 Å². The molecule has 0 aliphatic heterocycles. The largest absolute Gasteiger partial charge is 0.496 e. The van der Waals surface area contributed by atoms with Crippen LogP contribution >= 0.6 is 0 Å². The number of carbonyl (C=O) groups is 1. The Bertz CT molecular complexity index is 1290. The molecule has 0 atom stereocenters. The number of para-hydroxylation sites is 1. The number of nitrogens with zero attached hydrogens (tertiary/aromatic N) is 4. The first-order valence-electron chi connectivity index (χ1n) is 10.2. The Balaban J connectivity index is 1.51. The van der Waals surface area contributed by atoms with E-state index < -0.39 is 5.97 Å². The highest BCUT2D eigenvalue weighted by molar-refractivity contribution is 5.88. The second-order valence-electron chi connectivity index (χ2n) is 7.50. The van der Waals surface area contributed by atoms with Gasteiger partial charge in [0.05, 0.1) is 24.1 Å². The van der Waals surface area contributed by atoms with Crippen LogP contribution in [0.3, 0.4) is 0 Å². The van der Waals surface area contributed by atoms with Crippen molar-refractivity contribution in [1.82, 2.24) is 20.0 Å². The predicted molar refractivity (Wildman–Crippen MR) is 118 cm³/mol. The van der Waals surface area contributed by atoms with Crippen LogP contribution in [0.15, 0.2) is 46.9 Å². The van der Waals surface area contributed by atoms with Crippen molar-refractivity contribution in [1.29, 1.82) is 0 Å². The molecule has 4 rings (SSSR count). The lowest BCUT2D eigenvalue weighted by Crippen LogP contribution is -2.09. The molecule has 0 bridgehead atoms. The number of carbonyl (C=O) groups excluding carboxylic acids is 1. The van der Waals surface area contributed by atoms with Gasteiger partial charge in [0.2, 0.25) is 5.89 Å². The monoisotopic (exact) mass is 432 g/mol. The van der Waals surface area contributed by atoms with Crippen molar-refractivity contribution < 1.29 is 18.7 Å². The summed E-state index contributed by atoms with van der Waals surface area (Å²) in [5.41, 5.74) is 5.17. The fourth-order valence-electron chi connectivity index (χ4n) is 3.32. The molecule has 0 unspecified atom stereocenters. The van der Waals surface area contributed by atoms with E-state index in [2.05, 4.69) is 15.3 Å². The van der Waals surface area contributed by atoms with E-state index in [0.29, 0.717) is 28.8 Å². The van der Waals surface area contributed by atoms with Gasteiger partial charge in [0, 0.05) is 0 Å². The first kappa shape index (κ1) is 21.3. The van der Waals surface area contributed by atoms with Crippen LogP contribution in [0, 0.1) is 27.7 Å². The Hall–Kier alpha value is -3.94. The molecule has 0 saturated carbocycles. The number of aryl methyl sites for hydroxylation is 3. The lowest BCUT2D eigenvalue weighted by atomic mass is 10.1. The van der Waals surface area contributed by atoms with E-state index in [1.165, 1.54) is 5.56 Å². The fraction of sp³-hybridized carbons (Fsp3) is 0.250. The Labute approximate surface area is 185 Å². The lowest BCUT2D eigenvalue weighted by molar-refractivity contribution is 0.0459. The fourth-order valence-corrected chi connectivity index (χ4v) is 3.32. The number of methoxy groups -OCH3 is 1. The van der Waals surface area contributed by atoms with Gasteiger partial charge in [-0.3, -0.25) is 0 Å². The number of ether oxygens (including phenoxy) is 2. The maximum absolute atomic E-state index is 12.7. The number of hydrogen-bond acceptors (Lipinski definition) is 7. The van der Waals surface area contributed by atoms with E-state index in [9.17, 15) is 4.79 Å². The van der Waals surface area contributed by atoms with Crippen molar-refractivity contribution in [2.75, 3.05) is 7.11 Å². The maximum Gasteiger partial charge on any atom is 0.361 e. The van der Waals surface area contributed by atoms with Crippen LogP contribution in [-0.4, -0.2) is 33.1 Å². The van der Waals surface area contributed by atoms with Crippen LogP contribution in [0.1, 0.15) is 38.8 Å². The normalized spacial score (nSPS) is 10.9. The number of esters is 1. The zero-order valence-electron chi connectivity index (χ0n) is 18.7. The minimum absolute atomic E-state index is 0.0424. The SMILES string of the molecule is COc1ccccc1-c1nc(COC(=O)c2nnn(-c3ccc(C)c(C)c3)c2C)c(C)o1. The molecule has 8 heteroatoms. The van der Waals surface area contributed by atoms with Gasteiger partial charge in [0.25, 0.3) is 0 Å². The standard InChI is InChI=1S/C24H24N4O4/c1-14-10-11-18(12-15(14)2)28-16(3)22(26-27-28)24(29)31-13-20-17(4)32-23(25-20)19-8-6-7-9-21(19)30-5/h6-12H,13H2,1-5H3. The Kier molecular flexibility index (Phi) is 5.77. The van der Waals surface area contributed by atoms with Gasteiger partial charge in [0.15, 0.2) is 5.69 Å². The second kappa shape index (κ2) is 8.66. The van der Waals surface area contributed by atoms with Crippen LogP contribution < -0.4 is 4.74 Å². The van der Waals surface area contributed by atoms with E-state index in [1.807, 2.05) is 56.3 Å². The van der Waals surface area contributed by atoms with Crippen LogP contribution in [0.5, 0.6) is 5.75 Å². The molecule has 164 valence electrons. The third kappa shape index (κ3) is 3.99. The maximum atomic E-state index is 12.7. The molecule has 0 amide bonds. The first-order valence-corrected chi connectivity index (χ1v) is 10.2. The Morgan fingerprint density at radius 2 is 1.84 bits per heavy atom. The lowest BCUT2D eigenvalue weighted by Gasteiger charge is -2.07. The van der Waals surface area contributed by atoms with Crippen molar-refractivity contribution in [2.45, 2.75) is 34.3 Å². The highest BCUT2D eigenvalue weighted by Gasteiger charge is 2.21. The summed E-state index contributed by atoms with van der Waals surface area (Å²) in [4.78, 5) is 17.2. The first-order chi connectivity index (χ1) is 15.4. The third-order valence-corrected chi connectivity index (χ3v) is 5.39. The summed E-state index contributed by atoms with van der Waals surface area (Å²) in [6.07, 6.45) is 0. The van der Waals surface area contributed by atoms with E-state index in [1.54, 1.807) is 25.6 Å². The minimum atomic E-state index is -0.571. The number of hydrogen-bond donors (Lipinski definition) is 0. The smallest absolute Gasteiger partial charge is 0.361 e. The molecule has 0 aliphatic carbocycles. The molecule has 0 fully saturated rings. The van der Waals surface area contributed by atoms with Crippen LogP contribution in [-0.2, 0) is 11.3 Å². The van der Waals surface area contributed by atoms with E-state index in [4.69, 9.17) is 13.9 Å². The molecule has 0 aliphatic rings. The molecule has 2 aromatic heterocycles. The average Bonchev–Trinajstić information content (AvgIpc) is 3.36. The van der Waals surface area contributed by atoms with Gasteiger partial charge in [0.1, 0.15) is 23.8 Å². The van der Waals surface area contributed by atoms with Gasteiger partial charge >= 0.3 is 5.97 Å². The zero-order chi connectivity index (χ0) is 22.8. The molecular formula is C24H24N4O4. The van der Waals surface area contributed by atoms with E-state index in [0.717, 1.165) is 16.8 Å². The molecule has 0 spiro atoms. The Morgan fingerprint density at radius 1 is 1.06 bits per heavy atom. The van der Waals surface area contributed by atoms with Gasteiger partial charge in [-0.2, -0.15) is 0 Å². The highest BCUT2D eigenvalue weighted by atomic mass is 16.5. The van der Waals surface area contributed by atoms with Crippen LogP contribution in [0.4, 0.5) is 0 Å². The van der Waals surface area contributed by atoms with Gasteiger partial charge in [-0.05, 0) is 63.1 Å². The van der Waals surface area contributed by atoms with E-state index >= 15 is 0 Å². The number of rotatable bonds is 6. The Morgan fingerprint density at radius 3 is 2.59 bits per heavy atom. The topological polar surface area (TPSA) is 92.3 Å². The summed E-state index contributed by atoms with van der Waals surface area (Å²) >= 11 is 0. The van der Waals surface area contributed by atoms with Crippen molar-refractivity contribution in [3.8, 4) is 22.9 Å². The molecule has 2 aromatic carbocycles. The zero-order valence-corrected chi connectivity index (χ0v) is 18.7. The van der Waals surface area contributed by atoms with Crippen LogP contribution in [0.25, 0.3) is 17.1 Å². The van der Waals surface area contributed by atoms with Crippen LogP contribution in [0.2, 0.25) is 0 Å². The molecule has 0 saturated heterocycles. The molecule has 0 radical (unpaired) electrons. The third-order valence-electron chi connectivity index (χ3n) is 5.39. The highest BCUT2D eigenvalue weighted by Crippen LogP contribution is 2.30. The van der Waals surface area contributed by atoms with Crippen molar-refractivity contribution in [3.63, 3.8) is 0 Å². The van der Waals surface area contributed by atoms with Crippen molar-refractivity contribution >= 4 is 5.97 Å². The molecule has 2 heterocycles. The summed E-state index contributed by atoms with van der Waals surface area (Å²) in [7, 11) is 1.59. The second-order valence-corrected chi connectivity index (χ2v) is 7.50. The molecule has 8 nitrogen and oxygen atoms in total. The minimum Gasteiger partial charge on any atom is -0.496 e. The van der Waals surface area contributed by atoms with Crippen molar-refractivity contribution in [3.05, 3.63) is 76.4 Å². The molecule has 4 aromatic rings. The van der Waals surface area contributed by atoms with Gasteiger partial charge in [-0.15, -0.1) is 5.10 Å². The van der Waals surface area contributed by atoms with Gasteiger partial charge in [-0.25, -0.2) is 14.5 Å². The summed E-state index contributed by atoms with van der Waals surface area (Å²) in [5, 5.41) is 8.16.